The number of benzene rings is 2. The number of halogens is 2. The Hall–Kier alpha value is -2.58. The Morgan fingerprint density at radius 2 is 1.84 bits per heavy atom. The molecule has 1 amide bonds. The van der Waals surface area contributed by atoms with Gasteiger partial charge in [-0.3, -0.25) is 4.79 Å². The number of esters is 1. The van der Waals surface area contributed by atoms with Crippen molar-refractivity contribution in [2.45, 2.75) is 26.3 Å². The first-order chi connectivity index (χ1) is 15.2. The standard InChI is InChI=1S/C23H23Cl2NO6/c1-5-30-13-31-26-21(27)19(15-11-10-14(24)12-17(15)25)20(23(26,2)3)32-22(28)16-8-6-7-9-18(16)29-4/h6-12H,5,13H2,1-4H3. The van der Waals surface area contributed by atoms with Crippen LogP contribution in [0.15, 0.2) is 48.2 Å². The number of nitrogens with zero attached hydrogens (tertiary/aromatic N) is 1. The van der Waals surface area contributed by atoms with Crippen molar-refractivity contribution in [3.05, 3.63) is 69.4 Å². The SMILES string of the molecule is CCOCON1C(=O)C(c2ccc(Cl)cc2Cl)=C(OC(=O)c2ccccc2OC)C1(C)C. The van der Waals surface area contributed by atoms with E-state index in [9.17, 15) is 9.59 Å². The molecule has 0 N–H and O–H groups in total. The summed E-state index contributed by atoms with van der Waals surface area (Å²) in [5.41, 5.74) is -0.485. The van der Waals surface area contributed by atoms with Crippen molar-refractivity contribution in [3.8, 4) is 5.75 Å². The van der Waals surface area contributed by atoms with Crippen molar-refractivity contribution in [2.24, 2.45) is 0 Å². The molecule has 32 heavy (non-hydrogen) atoms. The lowest BCUT2D eigenvalue weighted by Crippen LogP contribution is -2.44. The van der Waals surface area contributed by atoms with Gasteiger partial charge in [0.1, 0.15) is 22.6 Å². The minimum absolute atomic E-state index is 0.0825. The zero-order valence-corrected chi connectivity index (χ0v) is 19.6. The lowest BCUT2D eigenvalue weighted by molar-refractivity contribution is -0.242. The van der Waals surface area contributed by atoms with E-state index in [4.69, 9.17) is 42.3 Å². The van der Waals surface area contributed by atoms with Crippen molar-refractivity contribution in [1.29, 1.82) is 0 Å². The highest BCUT2D eigenvalue weighted by Crippen LogP contribution is 2.43. The third kappa shape index (κ3) is 4.61. The summed E-state index contributed by atoms with van der Waals surface area (Å²) in [6, 6.07) is 11.3. The Morgan fingerprint density at radius 3 is 2.50 bits per heavy atom. The maximum atomic E-state index is 13.4. The number of ether oxygens (including phenoxy) is 3. The van der Waals surface area contributed by atoms with Gasteiger partial charge in [0.2, 0.25) is 0 Å². The van der Waals surface area contributed by atoms with Crippen LogP contribution < -0.4 is 4.74 Å². The summed E-state index contributed by atoms with van der Waals surface area (Å²) in [4.78, 5) is 32.0. The molecule has 0 bridgehead atoms. The zero-order chi connectivity index (χ0) is 23.5. The van der Waals surface area contributed by atoms with Gasteiger partial charge in [-0.25, -0.2) is 14.7 Å². The maximum absolute atomic E-state index is 13.4. The van der Waals surface area contributed by atoms with Gasteiger partial charge < -0.3 is 14.2 Å². The second-order valence-corrected chi connectivity index (χ2v) is 8.16. The molecule has 0 radical (unpaired) electrons. The van der Waals surface area contributed by atoms with Gasteiger partial charge in [0, 0.05) is 17.2 Å². The minimum atomic E-state index is -1.15. The largest absolute Gasteiger partial charge is 0.496 e. The molecule has 0 saturated heterocycles. The van der Waals surface area contributed by atoms with Gasteiger partial charge in [0.25, 0.3) is 5.91 Å². The summed E-state index contributed by atoms with van der Waals surface area (Å²) in [5.74, 6) is -0.788. The summed E-state index contributed by atoms with van der Waals surface area (Å²) in [6.07, 6.45) is 0. The van der Waals surface area contributed by atoms with Gasteiger partial charge >= 0.3 is 5.97 Å². The van der Waals surface area contributed by atoms with Crippen molar-refractivity contribution in [3.63, 3.8) is 0 Å². The van der Waals surface area contributed by atoms with E-state index in [1.165, 1.54) is 13.2 Å². The Bertz CT molecular complexity index is 1070. The average molecular weight is 480 g/mol. The van der Waals surface area contributed by atoms with Gasteiger partial charge in [-0.1, -0.05) is 41.4 Å². The number of carbonyl (C=O) groups excluding carboxylic acids is 2. The lowest BCUT2D eigenvalue weighted by atomic mass is 9.99. The van der Waals surface area contributed by atoms with Crippen molar-refractivity contribution in [2.75, 3.05) is 20.5 Å². The first-order valence-corrected chi connectivity index (χ1v) is 10.6. The fraction of sp³-hybridized carbons (Fsp3) is 0.304. The van der Waals surface area contributed by atoms with Crippen LogP contribution >= 0.6 is 23.2 Å². The Morgan fingerprint density at radius 1 is 1.12 bits per heavy atom. The van der Waals surface area contributed by atoms with Crippen LogP contribution in [0.2, 0.25) is 10.0 Å². The number of hydrogen-bond donors (Lipinski definition) is 0. The topological polar surface area (TPSA) is 74.3 Å². The number of carbonyl (C=O) groups is 2. The van der Waals surface area contributed by atoms with Gasteiger partial charge in [0.05, 0.1) is 17.7 Å². The molecule has 1 heterocycles. The smallest absolute Gasteiger partial charge is 0.347 e. The van der Waals surface area contributed by atoms with Crippen molar-refractivity contribution >= 4 is 40.7 Å². The first-order valence-electron chi connectivity index (χ1n) is 9.83. The molecule has 0 aromatic heterocycles. The second kappa shape index (κ2) is 9.92. The molecule has 1 aliphatic rings. The van der Waals surface area contributed by atoms with Crippen LogP contribution in [-0.4, -0.2) is 43.0 Å². The number of para-hydroxylation sites is 1. The molecule has 0 unspecified atom stereocenters. The molecule has 1 aliphatic heterocycles. The number of rotatable bonds is 8. The Balaban J connectivity index is 2.09. The molecule has 0 aliphatic carbocycles. The zero-order valence-electron chi connectivity index (χ0n) is 18.1. The number of methoxy groups -OCH3 is 1. The predicted octanol–water partition coefficient (Wildman–Crippen LogP) is 5.12. The molecule has 7 nitrogen and oxygen atoms in total. The molecule has 2 aromatic rings. The van der Waals surface area contributed by atoms with E-state index in [0.29, 0.717) is 22.9 Å². The van der Waals surface area contributed by atoms with E-state index >= 15 is 0 Å². The highest BCUT2D eigenvalue weighted by atomic mass is 35.5. The molecular weight excluding hydrogens is 457 g/mol. The van der Waals surface area contributed by atoms with Crippen LogP contribution in [0, 0.1) is 0 Å². The quantitative estimate of drug-likeness (QED) is 0.297. The fourth-order valence-corrected chi connectivity index (χ4v) is 3.81. The van der Waals surface area contributed by atoms with Crippen LogP contribution in [0.25, 0.3) is 5.57 Å². The molecule has 9 heteroatoms. The van der Waals surface area contributed by atoms with Gasteiger partial charge in [0.15, 0.2) is 6.79 Å². The van der Waals surface area contributed by atoms with E-state index in [1.54, 1.807) is 57.2 Å². The normalized spacial score (nSPS) is 15.3. The summed E-state index contributed by atoms with van der Waals surface area (Å²) in [6.45, 7) is 5.44. The van der Waals surface area contributed by atoms with Crippen LogP contribution in [0.3, 0.4) is 0 Å². The summed E-state index contributed by atoms with van der Waals surface area (Å²) < 4.78 is 16.3. The summed E-state index contributed by atoms with van der Waals surface area (Å²) in [7, 11) is 1.45. The van der Waals surface area contributed by atoms with Gasteiger partial charge in [-0.05, 0) is 45.0 Å². The first kappa shape index (κ1) is 24.1. The van der Waals surface area contributed by atoms with Gasteiger partial charge in [-0.2, -0.15) is 0 Å². The van der Waals surface area contributed by atoms with Crippen molar-refractivity contribution in [1.82, 2.24) is 5.06 Å². The molecule has 0 fully saturated rings. The second-order valence-electron chi connectivity index (χ2n) is 7.32. The summed E-state index contributed by atoms with van der Waals surface area (Å²) in [5, 5.41) is 1.75. The maximum Gasteiger partial charge on any atom is 0.347 e. The molecule has 170 valence electrons. The number of hydroxylamine groups is 2. The van der Waals surface area contributed by atoms with E-state index in [2.05, 4.69) is 0 Å². The van der Waals surface area contributed by atoms with Crippen molar-refractivity contribution < 1.29 is 28.6 Å². The van der Waals surface area contributed by atoms with E-state index in [1.807, 2.05) is 0 Å². The highest BCUT2D eigenvalue weighted by molar-refractivity contribution is 6.37. The molecular formula is C23H23Cl2NO6. The number of hydrogen-bond acceptors (Lipinski definition) is 6. The molecule has 2 aromatic carbocycles. The van der Waals surface area contributed by atoms with Crippen LogP contribution in [0.4, 0.5) is 0 Å². The van der Waals surface area contributed by atoms with Crippen LogP contribution in [0.1, 0.15) is 36.7 Å². The highest BCUT2D eigenvalue weighted by Gasteiger charge is 2.50. The van der Waals surface area contributed by atoms with E-state index in [0.717, 1.165) is 5.06 Å². The fourth-order valence-electron chi connectivity index (χ4n) is 3.31. The van der Waals surface area contributed by atoms with Crippen LogP contribution in [-0.2, 0) is 19.1 Å². The lowest BCUT2D eigenvalue weighted by Gasteiger charge is -2.31. The number of amides is 1. The molecule has 3 rings (SSSR count). The van der Waals surface area contributed by atoms with E-state index in [-0.39, 0.29) is 28.7 Å². The molecule has 0 spiro atoms. The Labute approximate surface area is 196 Å². The molecule has 0 atom stereocenters. The van der Waals surface area contributed by atoms with Crippen LogP contribution in [0.5, 0.6) is 5.75 Å². The van der Waals surface area contributed by atoms with E-state index < -0.39 is 17.4 Å². The average Bonchev–Trinajstić information content (AvgIpc) is 2.94. The van der Waals surface area contributed by atoms with Gasteiger partial charge in [-0.15, -0.1) is 0 Å². The third-order valence-electron chi connectivity index (χ3n) is 4.88. The predicted molar refractivity (Wildman–Crippen MR) is 120 cm³/mol. The third-order valence-corrected chi connectivity index (χ3v) is 5.43. The summed E-state index contributed by atoms with van der Waals surface area (Å²) >= 11 is 12.4. The molecule has 0 saturated carbocycles. The monoisotopic (exact) mass is 479 g/mol. The minimum Gasteiger partial charge on any atom is -0.496 e. The Kier molecular flexibility index (Phi) is 7.46.